The van der Waals surface area contributed by atoms with Crippen LogP contribution in [0.3, 0.4) is 0 Å². The van der Waals surface area contributed by atoms with Crippen LogP contribution >= 0.6 is 0 Å². The topological polar surface area (TPSA) is 90.9 Å². The van der Waals surface area contributed by atoms with Crippen molar-refractivity contribution < 1.29 is 13.2 Å². The molecule has 0 radical (unpaired) electrons. The van der Waals surface area contributed by atoms with Crippen molar-refractivity contribution in [3.8, 4) is 11.1 Å². The van der Waals surface area contributed by atoms with Gasteiger partial charge in [0.05, 0.1) is 11.4 Å². The maximum Gasteiger partial charge on any atom is 0.322 e. The minimum Gasteiger partial charge on any atom is -0.334 e. The lowest BCUT2D eigenvalue weighted by atomic mass is 9.79. The Balaban J connectivity index is 1.26. The van der Waals surface area contributed by atoms with Gasteiger partial charge in [-0.1, -0.05) is 43.2 Å². The third-order valence-corrected chi connectivity index (χ3v) is 9.90. The minimum atomic E-state index is -3.49. The van der Waals surface area contributed by atoms with Crippen LogP contribution in [-0.4, -0.2) is 34.3 Å². The number of rotatable bonds is 5. The van der Waals surface area contributed by atoms with Gasteiger partial charge < -0.3 is 5.32 Å². The van der Waals surface area contributed by atoms with E-state index in [1.165, 1.54) is 53.3 Å². The predicted molar refractivity (Wildman–Crippen MR) is 150 cm³/mol. The number of benzene rings is 3. The zero-order valence-electron chi connectivity index (χ0n) is 21.8. The molecule has 2 aliphatic heterocycles. The summed E-state index contributed by atoms with van der Waals surface area (Å²) in [5.41, 5.74) is 9.28. The van der Waals surface area contributed by atoms with Crippen molar-refractivity contribution in [2.45, 2.75) is 56.0 Å². The van der Waals surface area contributed by atoms with E-state index >= 15 is 0 Å². The third-order valence-electron chi connectivity index (χ3n) is 8.47. The zero-order chi connectivity index (χ0) is 26.5. The maximum atomic E-state index is 13.4. The summed E-state index contributed by atoms with van der Waals surface area (Å²) < 4.78 is 26.3. The van der Waals surface area contributed by atoms with Gasteiger partial charge in [-0.25, -0.2) is 17.9 Å². The first-order valence-corrected chi connectivity index (χ1v) is 14.6. The molecule has 1 spiro atoms. The highest BCUT2D eigenvalue weighted by molar-refractivity contribution is 7.89. The Morgan fingerprint density at radius 3 is 2.55 bits per heavy atom. The van der Waals surface area contributed by atoms with E-state index in [0.29, 0.717) is 13.1 Å². The maximum absolute atomic E-state index is 13.4. The first-order chi connectivity index (χ1) is 18.3. The fourth-order valence-corrected chi connectivity index (χ4v) is 7.05. The fraction of sp³-hybridized carbons (Fsp3) is 0.333. The summed E-state index contributed by atoms with van der Waals surface area (Å²) in [4.78, 5) is 20.0. The summed E-state index contributed by atoms with van der Waals surface area (Å²) >= 11 is 0. The Kier molecular flexibility index (Phi) is 6.12. The lowest BCUT2D eigenvalue weighted by Gasteiger charge is -2.25. The molecule has 1 saturated carbocycles. The van der Waals surface area contributed by atoms with Crippen LogP contribution in [0.15, 0.2) is 64.5 Å². The molecule has 7 nitrogen and oxygen atoms in total. The average molecular weight is 529 g/mol. The second-order valence-corrected chi connectivity index (χ2v) is 12.5. The van der Waals surface area contributed by atoms with Crippen LogP contribution in [0.2, 0.25) is 0 Å². The van der Waals surface area contributed by atoms with Crippen molar-refractivity contribution in [1.29, 1.82) is 0 Å². The molecule has 0 bridgehead atoms. The Labute approximate surface area is 224 Å². The van der Waals surface area contributed by atoms with E-state index < -0.39 is 10.0 Å². The number of aliphatic imine (C=N–C) groups is 1. The highest BCUT2D eigenvalue weighted by atomic mass is 32.2. The number of nitrogens with zero attached hydrogens (tertiary/aromatic N) is 2. The van der Waals surface area contributed by atoms with Crippen LogP contribution < -0.4 is 14.9 Å². The fourth-order valence-electron chi connectivity index (χ4n) is 6.32. The van der Waals surface area contributed by atoms with Crippen LogP contribution in [0.4, 0.5) is 10.5 Å². The molecule has 6 rings (SSSR count). The molecule has 196 valence electrons. The normalized spacial score (nSPS) is 17.2. The van der Waals surface area contributed by atoms with E-state index in [0.717, 1.165) is 30.6 Å². The molecular weight excluding hydrogens is 496 g/mol. The summed E-state index contributed by atoms with van der Waals surface area (Å²) in [6.45, 7) is 3.94. The molecule has 3 aliphatic rings. The SMILES string of the molecule is CNS(=O)(=O)c1ccc(CNC(=O)N2CC3(CCCC3)c3cc(-c4ccc5c(c4C)C=NC5)ccc32)cc1. The average Bonchev–Trinajstić information content (AvgIpc) is 3.68. The standard InChI is InChI=1S/C30H32N4O3S/c1-20-25(11-7-23-17-32-18-26(20)23)22-8-12-28-27(15-22)30(13-3-4-14-30)19-34(28)29(35)33-16-21-5-9-24(10-6-21)38(36,37)31-2/h5-12,15,18,31H,3-4,13-14,16-17,19H2,1-2H3,(H,33,35). The van der Waals surface area contributed by atoms with Gasteiger partial charge in [0.15, 0.2) is 0 Å². The van der Waals surface area contributed by atoms with Gasteiger partial charge in [-0.3, -0.25) is 9.89 Å². The molecule has 0 unspecified atom stereocenters. The Morgan fingerprint density at radius 1 is 1.05 bits per heavy atom. The summed E-state index contributed by atoms with van der Waals surface area (Å²) in [5, 5.41) is 3.05. The molecule has 0 aromatic heterocycles. The first-order valence-electron chi connectivity index (χ1n) is 13.2. The van der Waals surface area contributed by atoms with Crippen molar-refractivity contribution in [2.24, 2.45) is 4.99 Å². The Morgan fingerprint density at radius 2 is 1.82 bits per heavy atom. The highest BCUT2D eigenvalue weighted by Crippen LogP contribution is 2.51. The van der Waals surface area contributed by atoms with Gasteiger partial charge in [-0.2, -0.15) is 0 Å². The number of hydrogen-bond donors (Lipinski definition) is 2. The predicted octanol–water partition coefficient (Wildman–Crippen LogP) is 5.04. The molecular formula is C30H32N4O3S. The van der Waals surface area contributed by atoms with E-state index in [9.17, 15) is 13.2 Å². The first kappa shape index (κ1) is 24.8. The van der Waals surface area contributed by atoms with Crippen LogP contribution in [0, 0.1) is 6.92 Å². The molecule has 1 fully saturated rings. The highest BCUT2D eigenvalue weighted by Gasteiger charge is 2.46. The molecule has 8 heteroatoms. The molecule has 3 aromatic rings. The van der Waals surface area contributed by atoms with Crippen LogP contribution in [0.25, 0.3) is 11.1 Å². The number of fused-ring (bicyclic) bond motifs is 3. The van der Waals surface area contributed by atoms with Crippen LogP contribution in [0.1, 0.15) is 53.5 Å². The van der Waals surface area contributed by atoms with Crippen molar-refractivity contribution >= 4 is 28.0 Å². The lowest BCUT2D eigenvalue weighted by Crippen LogP contribution is -2.41. The number of sulfonamides is 1. The second-order valence-electron chi connectivity index (χ2n) is 10.6. The van der Waals surface area contributed by atoms with Crippen LogP contribution in [0.5, 0.6) is 0 Å². The van der Waals surface area contributed by atoms with Crippen molar-refractivity contribution in [1.82, 2.24) is 10.0 Å². The Bertz CT molecular complexity index is 1560. The molecule has 0 saturated heterocycles. The van der Waals surface area contributed by atoms with E-state index in [1.54, 1.807) is 24.3 Å². The van der Waals surface area contributed by atoms with Crippen molar-refractivity contribution in [3.63, 3.8) is 0 Å². The van der Waals surface area contributed by atoms with Crippen LogP contribution in [-0.2, 0) is 28.5 Å². The van der Waals surface area contributed by atoms with Crippen molar-refractivity contribution in [2.75, 3.05) is 18.5 Å². The van der Waals surface area contributed by atoms with Crippen molar-refractivity contribution in [3.05, 3.63) is 82.4 Å². The molecule has 0 atom stereocenters. The van der Waals surface area contributed by atoms with Gasteiger partial charge in [-0.05, 0) is 84.5 Å². The number of anilines is 1. The van der Waals surface area contributed by atoms with E-state index in [4.69, 9.17) is 0 Å². The summed E-state index contributed by atoms with van der Waals surface area (Å²) in [7, 11) is -2.10. The van der Waals surface area contributed by atoms with E-state index in [-0.39, 0.29) is 16.3 Å². The smallest absolute Gasteiger partial charge is 0.322 e. The van der Waals surface area contributed by atoms with Gasteiger partial charge in [0.1, 0.15) is 0 Å². The summed E-state index contributed by atoms with van der Waals surface area (Å²) in [5.74, 6) is 0. The second kappa shape index (κ2) is 9.36. The summed E-state index contributed by atoms with van der Waals surface area (Å²) in [6.07, 6.45) is 6.51. The molecule has 2 heterocycles. The molecule has 1 aliphatic carbocycles. The van der Waals surface area contributed by atoms with E-state index in [2.05, 4.69) is 52.3 Å². The third kappa shape index (κ3) is 4.12. The number of nitrogens with one attached hydrogen (secondary N) is 2. The quantitative estimate of drug-likeness (QED) is 0.486. The number of carbonyl (C=O) groups is 1. The van der Waals surface area contributed by atoms with Gasteiger partial charge in [-0.15, -0.1) is 0 Å². The molecule has 3 aromatic carbocycles. The number of amides is 2. The van der Waals surface area contributed by atoms with Gasteiger partial charge in [0.2, 0.25) is 10.0 Å². The minimum absolute atomic E-state index is 0.00205. The molecule has 38 heavy (non-hydrogen) atoms. The lowest BCUT2D eigenvalue weighted by molar-refractivity contribution is 0.245. The monoisotopic (exact) mass is 528 g/mol. The largest absolute Gasteiger partial charge is 0.334 e. The Hall–Kier alpha value is -3.49. The molecule has 2 amide bonds. The van der Waals surface area contributed by atoms with Gasteiger partial charge >= 0.3 is 6.03 Å². The summed E-state index contributed by atoms with van der Waals surface area (Å²) in [6, 6.07) is 17.4. The van der Waals surface area contributed by atoms with Gasteiger partial charge in [0.25, 0.3) is 0 Å². The zero-order valence-corrected chi connectivity index (χ0v) is 22.6. The number of hydrogen-bond acceptors (Lipinski definition) is 4. The molecule has 2 N–H and O–H groups in total. The van der Waals surface area contributed by atoms with E-state index in [1.807, 2.05) is 11.1 Å². The van der Waals surface area contributed by atoms with Gasteiger partial charge in [0, 0.05) is 36.0 Å². The number of carbonyl (C=O) groups excluding carboxylic acids is 1. The number of urea groups is 1.